The van der Waals surface area contributed by atoms with Crippen LogP contribution in [0.5, 0.6) is 0 Å². The molecule has 1 amide bonds. The summed E-state index contributed by atoms with van der Waals surface area (Å²) in [5, 5.41) is 0. The van der Waals surface area contributed by atoms with Gasteiger partial charge in [0.2, 0.25) is 5.91 Å². The fraction of sp³-hybridized carbons (Fsp3) is 0.667. The van der Waals surface area contributed by atoms with Gasteiger partial charge in [-0.2, -0.15) is 0 Å². The Bertz CT molecular complexity index is 729. The first-order valence-electron chi connectivity index (χ1n) is 11.5. The molecule has 0 unspecified atom stereocenters. The summed E-state index contributed by atoms with van der Waals surface area (Å²) in [6.45, 7) is 7.31. The number of likely N-dealkylation sites (tertiary alicyclic amines) is 1. The Morgan fingerprint density at radius 2 is 1.93 bits per heavy atom. The van der Waals surface area contributed by atoms with E-state index in [1.165, 1.54) is 37.1 Å². The number of carbonyl (C=O) groups excluding carboxylic acids is 2. The Morgan fingerprint density at radius 3 is 2.69 bits per heavy atom. The van der Waals surface area contributed by atoms with Crippen LogP contribution in [-0.2, 0) is 27.2 Å². The van der Waals surface area contributed by atoms with E-state index in [1.54, 1.807) is 4.90 Å². The van der Waals surface area contributed by atoms with Crippen molar-refractivity contribution in [3.05, 3.63) is 35.4 Å². The highest BCUT2D eigenvalue weighted by atomic mass is 16.5. The van der Waals surface area contributed by atoms with Gasteiger partial charge in [-0.15, -0.1) is 0 Å². The van der Waals surface area contributed by atoms with Crippen LogP contribution < -0.4 is 4.90 Å². The summed E-state index contributed by atoms with van der Waals surface area (Å²) >= 11 is 0. The number of hydrogen-bond acceptors (Lipinski definition) is 3. The maximum absolute atomic E-state index is 13.5. The first-order chi connectivity index (χ1) is 14.2. The molecule has 1 saturated carbocycles. The van der Waals surface area contributed by atoms with Gasteiger partial charge in [0.25, 0.3) is 0 Å². The van der Waals surface area contributed by atoms with Gasteiger partial charge in [-0.25, -0.2) is 0 Å². The fourth-order valence-corrected chi connectivity index (χ4v) is 5.15. The molecule has 5 heteroatoms. The van der Waals surface area contributed by atoms with E-state index in [9.17, 15) is 9.59 Å². The second-order valence-electron chi connectivity index (χ2n) is 9.05. The van der Waals surface area contributed by atoms with Crippen LogP contribution >= 0.6 is 0 Å². The third-order valence-corrected chi connectivity index (χ3v) is 7.02. The maximum Gasteiger partial charge on any atom is 0.309 e. The normalized spacial score (nSPS) is 26.0. The van der Waals surface area contributed by atoms with E-state index in [1.807, 2.05) is 6.92 Å². The van der Waals surface area contributed by atoms with Gasteiger partial charge in [0.15, 0.2) is 0 Å². The van der Waals surface area contributed by atoms with Crippen molar-refractivity contribution in [3.63, 3.8) is 0 Å². The van der Waals surface area contributed by atoms with Gasteiger partial charge >= 0.3 is 5.97 Å². The molecule has 1 heterocycles. The molecule has 3 aliphatic rings. The zero-order chi connectivity index (χ0) is 20.2. The maximum atomic E-state index is 13.5. The Kier molecular flexibility index (Phi) is 6.53. The summed E-state index contributed by atoms with van der Waals surface area (Å²) in [6.07, 6.45) is 6.26. The molecule has 3 atom stereocenters. The first kappa shape index (κ1) is 20.4. The van der Waals surface area contributed by atoms with Gasteiger partial charge in [0.1, 0.15) is 0 Å². The van der Waals surface area contributed by atoms with E-state index in [0.29, 0.717) is 19.1 Å². The summed E-state index contributed by atoms with van der Waals surface area (Å²) in [4.78, 5) is 29.2. The van der Waals surface area contributed by atoms with Crippen LogP contribution in [-0.4, -0.2) is 56.1 Å². The summed E-state index contributed by atoms with van der Waals surface area (Å²) in [6, 6.07) is 8.53. The molecule has 0 aromatic heterocycles. The number of nitrogens with one attached hydrogen (secondary N) is 1. The molecular formula is C24H35N2O3+. The number of carbonyl (C=O) groups is 2. The SMILES string of the molecule is CCOC(=O)[C@H]1C[C@@H]1CN(CC[NH+]1CCCC1)C(=O)[C@@H]1CCc2ccccc2C1. The number of aryl methyl sites for hydroxylation is 1. The van der Waals surface area contributed by atoms with Crippen molar-refractivity contribution >= 4 is 11.9 Å². The van der Waals surface area contributed by atoms with Crippen molar-refractivity contribution in [2.24, 2.45) is 17.8 Å². The van der Waals surface area contributed by atoms with Gasteiger partial charge in [-0.05, 0) is 49.7 Å². The number of esters is 1. The van der Waals surface area contributed by atoms with Gasteiger partial charge in [0, 0.05) is 25.3 Å². The lowest BCUT2D eigenvalue weighted by Crippen LogP contribution is -3.10. The van der Waals surface area contributed by atoms with Crippen molar-refractivity contribution in [1.82, 2.24) is 4.90 Å². The summed E-state index contributed by atoms with van der Waals surface area (Å²) in [5.74, 6) is 0.575. The average Bonchev–Trinajstić information content (AvgIpc) is 3.32. The van der Waals surface area contributed by atoms with E-state index in [-0.39, 0.29) is 23.7 Å². The van der Waals surface area contributed by atoms with E-state index in [4.69, 9.17) is 4.74 Å². The van der Waals surface area contributed by atoms with Crippen molar-refractivity contribution in [3.8, 4) is 0 Å². The predicted octanol–water partition coefficient (Wildman–Crippen LogP) is 1.50. The van der Waals surface area contributed by atoms with Gasteiger partial charge in [0.05, 0.1) is 38.7 Å². The quantitative estimate of drug-likeness (QED) is 0.674. The minimum atomic E-state index is -0.0818. The van der Waals surface area contributed by atoms with E-state index >= 15 is 0 Å². The summed E-state index contributed by atoms with van der Waals surface area (Å²) in [5.41, 5.74) is 2.73. The van der Waals surface area contributed by atoms with Crippen LogP contribution in [0.15, 0.2) is 24.3 Å². The molecule has 5 nitrogen and oxygen atoms in total. The highest BCUT2D eigenvalue weighted by Gasteiger charge is 2.46. The number of amides is 1. The van der Waals surface area contributed by atoms with Crippen molar-refractivity contribution in [1.29, 1.82) is 0 Å². The van der Waals surface area contributed by atoms with Crippen molar-refractivity contribution in [2.75, 3.05) is 39.3 Å². The van der Waals surface area contributed by atoms with Crippen LogP contribution in [0.4, 0.5) is 0 Å². The first-order valence-corrected chi connectivity index (χ1v) is 11.5. The van der Waals surface area contributed by atoms with Crippen LogP contribution in [0.1, 0.15) is 43.7 Å². The Labute approximate surface area is 174 Å². The largest absolute Gasteiger partial charge is 0.466 e. The second kappa shape index (κ2) is 9.29. The van der Waals surface area contributed by atoms with Gasteiger partial charge in [-0.3, -0.25) is 9.59 Å². The predicted molar refractivity (Wildman–Crippen MR) is 112 cm³/mol. The summed E-state index contributed by atoms with van der Waals surface area (Å²) < 4.78 is 5.19. The molecule has 1 N–H and O–H groups in total. The minimum Gasteiger partial charge on any atom is -0.466 e. The van der Waals surface area contributed by atoms with E-state index < -0.39 is 0 Å². The molecule has 1 aromatic rings. The molecule has 2 fully saturated rings. The topological polar surface area (TPSA) is 51.0 Å². The second-order valence-corrected chi connectivity index (χ2v) is 9.05. The number of nitrogens with zero attached hydrogens (tertiary/aromatic N) is 1. The molecule has 29 heavy (non-hydrogen) atoms. The number of benzene rings is 1. The Morgan fingerprint density at radius 1 is 1.17 bits per heavy atom. The highest BCUT2D eigenvalue weighted by molar-refractivity contribution is 5.80. The number of rotatable bonds is 8. The number of quaternary nitrogens is 1. The molecule has 1 aliphatic heterocycles. The summed E-state index contributed by atoms with van der Waals surface area (Å²) in [7, 11) is 0. The number of fused-ring (bicyclic) bond motifs is 1. The van der Waals surface area contributed by atoms with Crippen LogP contribution in [0.2, 0.25) is 0 Å². The molecular weight excluding hydrogens is 364 g/mol. The minimum absolute atomic E-state index is 0.00327. The smallest absolute Gasteiger partial charge is 0.309 e. The van der Waals surface area contributed by atoms with Gasteiger partial charge < -0.3 is 14.5 Å². The molecule has 158 valence electrons. The fourth-order valence-electron chi connectivity index (χ4n) is 5.15. The lowest BCUT2D eigenvalue weighted by Gasteiger charge is -2.31. The van der Waals surface area contributed by atoms with E-state index in [0.717, 1.165) is 38.8 Å². The molecule has 4 rings (SSSR count). The third kappa shape index (κ3) is 5.00. The van der Waals surface area contributed by atoms with Crippen molar-refractivity contribution in [2.45, 2.75) is 45.4 Å². The highest BCUT2D eigenvalue weighted by Crippen LogP contribution is 2.40. The molecule has 0 bridgehead atoms. The van der Waals surface area contributed by atoms with Crippen LogP contribution in [0.25, 0.3) is 0 Å². The molecule has 0 spiro atoms. The third-order valence-electron chi connectivity index (χ3n) is 7.02. The Balaban J connectivity index is 1.39. The average molecular weight is 400 g/mol. The van der Waals surface area contributed by atoms with Crippen LogP contribution in [0.3, 0.4) is 0 Å². The molecule has 2 aliphatic carbocycles. The van der Waals surface area contributed by atoms with Crippen LogP contribution in [0, 0.1) is 17.8 Å². The van der Waals surface area contributed by atoms with E-state index in [2.05, 4.69) is 29.2 Å². The molecule has 1 aromatic carbocycles. The number of ether oxygens (including phenoxy) is 1. The lowest BCUT2D eigenvalue weighted by molar-refractivity contribution is -0.886. The lowest BCUT2D eigenvalue weighted by atomic mass is 9.83. The number of hydrogen-bond donors (Lipinski definition) is 1. The molecule has 1 saturated heterocycles. The zero-order valence-electron chi connectivity index (χ0n) is 17.7. The zero-order valence-corrected chi connectivity index (χ0v) is 17.7. The molecule has 0 radical (unpaired) electrons. The van der Waals surface area contributed by atoms with Gasteiger partial charge in [-0.1, -0.05) is 24.3 Å². The standard InChI is InChI=1S/C24H34N2O3/c1-2-29-24(28)22-16-21(22)17-26(14-13-25-11-5-6-12-25)23(27)20-10-9-18-7-3-4-8-19(18)15-20/h3-4,7-8,20-22H,2,5-6,9-17H2,1H3/p+1/t20-,21-,22+/m1/s1. The van der Waals surface area contributed by atoms with Crippen molar-refractivity contribution < 1.29 is 19.2 Å². The Hall–Kier alpha value is -1.88. The monoisotopic (exact) mass is 399 g/mol.